The number of anilines is 1. The molecule has 0 aromatic heterocycles. The Morgan fingerprint density at radius 1 is 0.829 bits per heavy atom. The highest BCUT2D eigenvalue weighted by Gasteiger charge is 2.23. The number of nitrogens with zero attached hydrogens (tertiary/aromatic N) is 2. The second kappa shape index (κ2) is 11.3. The summed E-state index contributed by atoms with van der Waals surface area (Å²) in [5, 5.41) is 3.26. The molecule has 0 aliphatic carbocycles. The number of methoxy groups -OCH3 is 2. The SMILES string of the molecule is COc1ccc(C(NC(=O)CN2CCN(c3cccc(C)c3C)CC2)c2ccc(OC)cc2)cc1. The van der Waals surface area contributed by atoms with Crippen molar-refractivity contribution in [3.8, 4) is 11.5 Å². The van der Waals surface area contributed by atoms with Crippen LogP contribution in [0.25, 0.3) is 0 Å². The van der Waals surface area contributed by atoms with E-state index in [1.807, 2.05) is 48.5 Å². The number of carbonyl (C=O) groups is 1. The van der Waals surface area contributed by atoms with Gasteiger partial charge in [0.2, 0.25) is 5.91 Å². The second-order valence-corrected chi connectivity index (χ2v) is 9.03. The van der Waals surface area contributed by atoms with Crippen molar-refractivity contribution in [3.05, 3.63) is 89.0 Å². The summed E-state index contributed by atoms with van der Waals surface area (Å²) in [7, 11) is 3.30. The highest BCUT2D eigenvalue weighted by molar-refractivity contribution is 5.79. The molecule has 0 spiro atoms. The number of hydrogen-bond donors (Lipinski definition) is 1. The number of carbonyl (C=O) groups excluding carboxylic acids is 1. The summed E-state index contributed by atoms with van der Waals surface area (Å²) in [6.07, 6.45) is 0. The van der Waals surface area contributed by atoms with Gasteiger partial charge in [-0.15, -0.1) is 0 Å². The van der Waals surface area contributed by atoms with E-state index in [1.54, 1.807) is 14.2 Å². The summed E-state index contributed by atoms with van der Waals surface area (Å²) < 4.78 is 10.6. The Labute approximate surface area is 208 Å². The minimum atomic E-state index is -0.254. The Balaban J connectivity index is 1.41. The van der Waals surface area contributed by atoms with E-state index in [-0.39, 0.29) is 11.9 Å². The molecule has 0 radical (unpaired) electrons. The van der Waals surface area contributed by atoms with Crippen molar-refractivity contribution in [2.45, 2.75) is 19.9 Å². The van der Waals surface area contributed by atoms with Gasteiger partial charge in [0.25, 0.3) is 0 Å². The van der Waals surface area contributed by atoms with Gasteiger partial charge in [-0.1, -0.05) is 36.4 Å². The molecule has 6 nitrogen and oxygen atoms in total. The van der Waals surface area contributed by atoms with E-state index < -0.39 is 0 Å². The lowest BCUT2D eigenvalue weighted by Crippen LogP contribution is -2.50. The van der Waals surface area contributed by atoms with Gasteiger partial charge in [-0.3, -0.25) is 9.69 Å². The lowest BCUT2D eigenvalue weighted by atomic mass is 9.98. The van der Waals surface area contributed by atoms with Crippen LogP contribution in [0.15, 0.2) is 66.7 Å². The van der Waals surface area contributed by atoms with Crippen molar-refractivity contribution in [3.63, 3.8) is 0 Å². The lowest BCUT2D eigenvalue weighted by molar-refractivity contribution is -0.122. The zero-order chi connectivity index (χ0) is 24.8. The third kappa shape index (κ3) is 5.95. The van der Waals surface area contributed by atoms with Gasteiger partial charge >= 0.3 is 0 Å². The van der Waals surface area contributed by atoms with Gasteiger partial charge in [-0.05, 0) is 66.4 Å². The van der Waals surface area contributed by atoms with Crippen molar-refractivity contribution >= 4 is 11.6 Å². The molecule has 0 unspecified atom stereocenters. The molecular formula is C29H35N3O3. The smallest absolute Gasteiger partial charge is 0.234 e. The minimum absolute atomic E-state index is 0.0156. The molecule has 1 heterocycles. The fraction of sp³-hybridized carbons (Fsp3) is 0.345. The number of benzene rings is 3. The summed E-state index contributed by atoms with van der Waals surface area (Å²) >= 11 is 0. The minimum Gasteiger partial charge on any atom is -0.497 e. The van der Waals surface area contributed by atoms with Crippen molar-refractivity contribution < 1.29 is 14.3 Å². The van der Waals surface area contributed by atoms with Gasteiger partial charge in [0.15, 0.2) is 0 Å². The number of hydrogen-bond acceptors (Lipinski definition) is 5. The first-order chi connectivity index (χ1) is 17.0. The predicted octanol–water partition coefficient (Wildman–Crippen LogP) is 4.35. The Morgan fingerprint density at radius 3 is 1.89 bits per heavy atom. The first kappa shape index (κ1) is 24.6. The molecule has 3 aromatic rings. The topological polar surface area (TPSA) is 54.0 Å². The van der Waals surface area contributed by atoms with Crippen LogP contribution in [-0.2, 0) is 4.79 Å². The molecule has 1 saturated heterocycles. The van der Waals surface area contributed by atoms with Gasteiger partial charge in [-0.25, -0.2) is 0 Å². The van der Waals surface area contributed by atoms with E-state index in [0.717, 1.165) is 48.8 Å². The van der Waals surface area contributed by atoms with Crippen LogP contribution in [0.5, 0.6) is 11.5 Å². The van der Waals surface area contributed by atoms with Crippen molar-refractivity contribution in [2.24, 2.45) is 0 Å². The van der Waals surface area contributed by atoms with Gasteiger partial charge in [0.05, 0.1) is 26.8 Å². The molecular weight excluding hydrogens is 438 g/mol. The average Bonchev–Trinajstić information content (AvgIpc) is 2.90. The van der Waals surface area contributed by atoms with Crippen LogP contribution in [0.1, 0.15) is 28.3 Å². The second-order valence-electron chi connectivity index (χ2n) is 9.03. The van der Waals surface area contributed by atoms with Gasteiger partial charge in [0, 0.05) is 31.9 Å². The molecule has 3 aromatic carbocycles. The maximum absolute atomic E-state index is 13.1. The summed E-state index contributed by atoms with van der Waals surface area (Å²) in [5.41, 5.74) is 5.95. The Kier molecular flexibility index (Phi) is 7.93. The molecule has 0 bridgehead atoms. The Bertz CT molecular complexity index is 1070. The molecule has 1 aliphatic heterocycles. The van der Waals surface area contributed by atoms with E-state index in [0.29, 0.717) is 6.54 Å². The highest BCUT2D eigenvalue weighted by atomic mass is 16.5. The molecule has 6 heteroatoms. The predicted molar refractivity (Wildman–Crippen MR) is 141 cm³/mol. The monoisotopic (exact) mass is 473 g/mol. The van der Waals surface area contributed by atoms with Crippen LogP contribution in [-0.4, -0.2) is 57.8 Å². The lowest BCUT2D eigenvalue weighted by Gasteiger charge is -2.37. The molecule has 4 rings (SSSR count). The van der Waals surface area contributed by atoms with Crippen molar-refractivity contribution in [1.82, 2.24) is 10.2 Å². The molecule has 1 N–H and O–H groups in total. The fourth-order valence-corrected chi connectivity index (χ4v) is 4.59. The largest absolute Gasteiger partial charge is 0.497 e. The highest BCUT2D eigenvalue weighted by Crippen LogP contribution is 2.27. The zero-order valence-electron chi connectivity index (χ0n) is 21.1. The third-order valence-electron chi connectivity index (χ3n) is 6.86. The van der Waals surface area contributed by atoms with Crippen molar-refractivity contribution in [1.29, 1.82) is 0 Å². The number of aryl methyl sites for hydroxylation is 1. The summed E-state index contributed by atoms with van der Waals surface area (Å²) in [6, 6.07) is 21.9. The van der Waals surface area contributed by atoms with E-state index >= 15 is 0 Å². The quantitative estimate of drug-likeness (QED) is 0.527. The Morgan fingerprint density at radius 2 is 1.37 bits per heavy atom. The van der Waals surface area contributed by atoms with E-state index in [1.165, 1.54) is 16.8 Å². The van der Waals surface area contributed by atoms with E-state index in [2.05, 4.69) is 47.2 Å². The number of nitrogens with one attached hydrogen (secondary N) is 1. The van der Waals surface area contributed by atoms with Crippen LogP contribution >= 0.6 is 0 Å². The molecule has 0 saturated carbocycles. The maximum Gasteiger partial charge on any atom is 0.234 e. The normalized spacial score (nSPS) is 14.1. The van der Waals surface area contributed by atoms with E-state index in [9.17, 15) is 4.79 Å². The van der Waals surface area contributed by atoms with Crippen LogP contribution in [0.2, 0.25) is 0 Å². The number of piperazine rings is 1. The average molecular weight is 474 g/mol. The number of rotatable bonds is 8. The number of ether oxygens (including phenoxy) is 2. The third-order valence-corrected chi connectivity index (χ3v) is 6.86. The maximum atomic E-state index is 13.1. The van der Waals surface area contributed by atoms with Crippen LogP contribution < -0.4 is 19.7 Å². The molecule has 0 atom stereocenters. The molecule has 184 valence electrons. The Hall–Kier alpha value is -3.51. The standard InChI is InChI=1S/C29H35N3O3/c1-21-6-5-7-27(22(21)2)32-18-16-31(17-19-32)20-28(33)30-29(23-8-12-25(34-3)13-9-23)24-10-14-26(35-4)15-11-24/h5-15,29H,16-20H2,1-4H3,(H,30,33). The molecule has 1 aliphatic rings. The van der Waals surface area contributed by atoms with Gasteiger partial charge < -0.3 is 19.7 Å². The van der Waals surface area contributed by atoms with Crippen LogP contribution in [0.4, 0.5) is 5.69 Å². The van der Waals surface area contributed by atoms with Gasteiger partial charge in [0.1, 0.15) is 11.5 Å². The first-order valence-electron chi connectivity index (χ1n) is 12.1. The van der Waals surface area contributed by atoms with Crippen LogP contribution in [0, 0.1) is 13.8 Å². The molecule has 1 fully saturated rings. The molecule has 1 amide bonds. The molecule has 35 heavy (non-hydrogen) atoms. The fourth-order valence-electron chi connectivity index (χ4n) is 4.59. The zero-order valence-corrected chi connectivity index (χ0v) is 21.1. The van der Waals surface area contributed by atoms with E-state index in [4.69, 9.17) is 9.47 Å². The van der Waals surface area contributed by atoms with Gasteiger partial charge in [-0.2, -0.15) is 0 Å². The summed E-state index contributed by atoms with van der Waals surface area (Å²) in [5.74, 6) is 1.59. The number of amides is 1. The van der Waals surface area contributed by atoms with Crippen LogP contribution in [0.3, 0.4) is 0 Å². The summed E-state index contributed by atoms with van der Waals surface area (Å²) in [4.78, 5) is 17.8. The van der Waals surface area contributed by atoms with Crippen molar-refractivity contribution in [2.75, 3.05) is 51.8 Å². The first-order valence-corrected chi connectivity index (χ1v) is 12.1. The summed E-state index contributed by atoms with van der Waals surface area (Å²) in [6.45, 7) is 8.26.